The SMILES string of the molecule is C[C@@H]1CCSCCN1C(=O)[C@H]1C[C@H]2C=C[C@H]1C2. The van der Waals surface area contributed by atoms with E-state index in [9.17, 15) is 4.79 Å². The highest BCUT2D eigenvalue weighted by molar-refractivity contribution is 7.99. The lowest BCUT2D eigenvalue weighted by molar-refractivity contribution is -0.138. The van der Waals surface area contributed by atoms with Crippen LogP contribution in [0.25, 0.3) is 0 Å². The zero-order valence-electron chi connectivity index (χ0n) is 10.5. The average molecular weight is 251 g/mol. The van der Waals surface area contributed by atoms with Gasteiger partial charge in [0.1, 0.15) is 0 Å². The van der Waals surface area contributed by atoms with E-state index in [0.717, 1.165) is 25.1 Å². The quantitative estimate of drug-likeness (QED) is 0.668. The molecule has 1 amide bonds. The number of amides is 1. The van der Waals surface area contributed by atoms with Crippen LogP contribution in [-0.2, 0) is 4.79 Å². The second kappa shape index (κ2) is 4.68. The summed E-state index contributed by atoms with van der Waals surface area (Å²) in [6, 6.07) is 0.445. The van der Waals surface area contributed by atoms with Crippen molar-refractivity contribution in [2.75, 3.05) is 18.1 Å². The fourth-order valence-electron chi connectivity index (χ4n) is 3.50. The standard InChI is InChI=1S/C14H21NOS/c1-10-4-6-17-7-5-15(10)14(16)13-9-11-2-3-12(13)8-11/h2-3,10-13H,4-9H2,1H3/t10-,11+,12+,13+/m1/s1. The molecule has 1 heterocycles. The van der Waals surface area contributed by atoms with Gasteiger partial charge in [-0.3, -0.25) is 4.79 Å². The van der Waals surface area contributed by atoms with Gasteiger partial charge < -0.3 is 4.90 Å². The molecule has 0 radical (unpaired) electrons. The summed E-state index contributed by atoms with van der Waals surface area (Å²) in [5.74, 6) is 4.32. The summed E-state index contributed by atoms with van der Waals surface area (Å²) in [4.78, 5) is 14.8. The Morgan fingerprint density at radius 3 is 2.88 bits per heavy atom. The van der Waals surface area contributed by atoms with E-state index in [1.54, 1.807) is 0 Å². The van der Waals surface area contributed by atoms with Gasteiger partial charge in [-0.1, -0.05) is 12.2 Å². The summed E-state index contributed by atoms with van der Waals surface area (Å²) >= 11 is 1.99. The average Bonchev–Trinajstić information content (AvgIpc) is 2.89. The number of fused-ring (bicyclic) bond motifs is 2. The summed E-state index contributed by atoms with van der Waals surface area (Å²) in [5, 5.41) is 0. The van der Waals surface area contributed by atoms with Crippen LogP contribution in [0.5, 0.6) is 0 Å². The first kappa shape index (κ1) is 11.6. The van der Waals surface area contributed by atoms with Crippen LogP contribution in [0.2, 0.25) is 0 Å². The minimum atomic E-state index is 0.301. The van der Waals surface area contributed by atoms with E-state index >= 15 is 0 Å². The molecular weight excluding hydrogens is 230 g/mol. The third kappa shape index (κ3) is 2.14. The smallest absolute Gasteiger partial charge is 0.226 e. The zero-order valence-corrected chi connectivity index (χ0v) is 11.3. The molecule has 2 nitrogen and oxygen atoms in total. The topological polar surface area (TPSA) is 20.3 Å². The van der Waals surface area contributed by atoms with E-state index in [1.165, 1.54) is 12.2 Å². The minimum Gasteiger partial charge on any atom is -0.339 e. The first-order valence-electron chi connectivity index (χ1n) is 6.82. The molecule has 0 aromatic carbocycles. The van der Waals surface area contributed by atoms with Gasteiger partial charge in [0.15, 0.2) is 0 Å². The van der Waals surface area contributed by atoms with Crippen LogP contribution in [0.3, 0.4) is 0 Å². The Morgan fingerprint density at radius 1 is 1.29 bits per heavy atom. The van der Waals surface area contributed by atoms with Crippen molar-refractivity contribution in [1.82, 2.24) is 4.90 Å². The lowest BCUT2D eigenvalue weighted by Gasteiger charge is -2.31. The third-order valence-corrected chi connectivity index (χ3v) is 5.56. The van der Waals surface area contributed by atoms with Crippen LogP contribution in [0, 0.1) is 17.8 Å². The maximum absolute atomic E-state index is 12.6. The van der Waals surface area contributed by atoms with Crippen molar-refractivity contribution in [2.24, 2.45) is 17.8 Å². The first-order chi connectivity index (χ1) is 8.25. The number of nitrogens with zero attached hydrogens (tertiary/aromatic N) is 1. The van der Waals surface area contributed by atoms with E-state index < -0.39 is 0 Å². The van der Waals surface area contributed by atoms with Crippen LogP contribution >= 0.6 is 11.8 Å². The van der Waals surface area contributed by atoms with Gasteiger partial charge in [0, 0.05) is 24.3 Å². The van der Waals surface area contributed by atoms with Crippen molar-refractivity contribution in [3.63, 3.8) is 0 Å². The van der Waals surface area contributed by atoms with Gasteiger partial charge in [-0.2, -0.15) is 11.8 Å². The lowest BCUT2D eigenvalue weighted by atomic mass is 9.91. The summed E-state index contributed by atoms with van der Waals surface area (Å²) in [6.07, 6.45) is 8.10. The van der Waals surface area contributed by atoms with E-state index in [4.69, 9.17) is 0 Å². The van der Waals surface area contributed by atoms with Crippen molar-refractivity contribution in [2.45, 2.75) is 32.2 Å². The second-order valence-corrected chi connectivity index (χ2v) is 6.89. The normalized spacial score (nSPS) is 40.6. The molecule has 94 valence electrons. The Labute approximate surface area is 108 Å². The number of allylic oxidation sites excluding steroid dienone is 2. The highest BCUT2D eigenvalue weighted by Crippen LogP contribution is 2.44. The molecular formula is C14H21NOS. The van der Waals surface area contributed by atoms with Crippen LogP contribution in [-0.4, -0.2) is 34.9 Å². The molecule has 0 unspecified atom stereocenters. The molecule has 4 atom stereocenters. The first-order valence-corrected chi connectivity index (χ1v) is 7.97. The Balaban J connectivity index is 1.70. The Kier molecular flexibility index (Phi) is 3.20. The van der Waals surface area contributed by atoms with Gasteiger partial charge in [0.05, 0.1) is 0 Å². The minimum absolute atomic E-state index is 0.301. The van der Waals surface area contributed by atoms with E-state index in [2.05, 4.69) is 24.0 Å². The Hall–Kier alpha value is -0.440. The van der Waals surface area contributed by atoms with Crippen LogP contribution in [0.4, 0.5) is 0 Å². The molecule has 2 fully saturated rings. The molecule has 1 saturated carbocycles. The van der Waals surface area contributed by atoms with Crippen molar-refractivity contribution < 1.29 is 4.79 Å². The van der Waals surface area contributed by atoms with Gasteiger partial charge in [0.25, 0.3) is 0 Å². The third-order valence-electron chi connectivity index (χ3n) is 4.57. The van der Waals surface area contributed by atoms with Crippen LogP contribution < -0.4 is 0 Å². The monoisotopic (exact) mass is 251 g/mol. The Morgan fingerprint density at radius 2 is 2.18 bits per heavy atom. The molecule has 3 rings (SSSR count). The second-order valence-electron chi connectivity index (χ2n) is 5.67. The highest BCUT2D eigenvalue weighted by Gasteiger charge is 2.42. The number of hydrogen-bond acceptors (Lipinski definition) is 2. The number of carbonyl (C=O) groups excluding carboxylic acids is 1. The molecule has 0 N–H and O–H groups in total. The van der Waals surface area contributed by atoms with Crippen molar-refractivity contribution in [1.29, 1.82) is 0 Å². The maximum Gasteiger partial charge on any atom is 0.226 e. The summed E-state index contributed by atoms with van der Waals surface area (Å²) in [6.45, 7) is 3.18. The molecule has 17 heavy (non-hydrogen) atoms. The van der Waals surface area contributed by atoms with Gasteiger partial charge in [0.2, 0.25) is 5.91 Å². The highest BCUT2D eigenvalue weighted by atomic mass is 32.2. The van der Waals surface area contributed by atoms with Crippen molar-refractivity contribution >= 4 is 17.7 Å². The molecule has 3 heteroatoms. The largest absolute Gasteiger partial charge is 0.339 e. The number of rotatable bonds is 1. The summed E-state index contributed by atoms with van der Waals surface area (Å²) < 4.78 is 0. The lowest BCUT2D eigenvalue weighted by Crippen LogP contribution is -2.43. The molecule has 3 aliphatic rings. The fraction of sp³-hybridized carbons (Fsp3) is 0.786. The van der Waals surface area contributed by atoms with E-state index in [1.807, 2.05) is 11.8 Å². The summed E-state index contributed by atoms with van der Waals surface area (Å²) in [5.41, 5.74) is 0. The molecule has 0 aromatic rings. The Bertz CT molecular complexity index is 341. The zero-order chi connectivity index (χ0) is 11.8. The van der Waals surface area contributed by atoms with Gasteiger partial charge in [-0.25, -0.2) is 0 Å². The number of carbonyl (C=O) groups is 1. The van der Waals surface area contributed by atoms with Gasteiger partial charge in [-0.15, -0.1) is 0 Å². The van der Waals surface area contributed by atoms with E-state index in [-0.39, 0.29) is 0 Å². The van der Waals surface area contributed by atoms with Crippen molar-refractivity contribution in [3.05, 3.63) is 12.2 Å². The predicted molar refractivity (Wildman–Crippen MR) is 72.0 cm³/mol. The molecule has 2 bridgehead atoms. The van der Waals surface area contributed by atoms with E-state index in [0.29, 0.717) is 29.7 Å². The summed E-state index contributed by atoms with van der Waals surface area (Å²) in [7, 11) is 0. The van der Waals surface area contributed by atoms with Crippen molar-refractivity contribution in [3.8, 4) is 0 Å². The number of thioether (sulfide) groups is 1. The maximum atomic E-state index is 12.6. The molecule has 1 saturated heterocycles. The predicted octanol–water partition coefficient (Wildman–Crippen LogP) is 2.55. The number of hydrogen-bond donors (Lipinski definition) is 0. The fourth-order valence-corrected chi connectivity index (χ4v) is 4.54. The molecule has 2 aliphatic carbocycles. The molecule has 0 aromatic heterocycles. The molecule has 1 aliphatic heterocycles. The van der Waals surface area contributed by atoms with Crippen LogP contribution in [0.1, 0.15) is 26.2 Å². The molecule has 0 spiro atoms. The van der Waals surface area contributed by atoms with Gasteiger partial charge in [-0.05, 0) is 43.8 Å². The van der Waals surface area contributed by atoms with Crippen LogP contribution in [0.15, 0.2) is 12.2 Å². The van der Waals surface area contributed by atoms with Gasteiger partial charge >= 0.3 is 0 Å².